The molecule has 1 aromatic rings. The average Bonchev–Trinajstić information content (AvgIpc) is 2.42. The molecular formula is C15H24O2S. The van der Waals surface area contributed by atoms with Gasteiger partial charge in [-0.05, 0) is 18.6 Å². The van der Waals surface area contributed by atoms with Crippen LogP contribution in [0.1, 0.15) is 39.0 Å². The fraction of sp³-hybridized carbons (Fsp3) is 0.600. The lowest BCUT2D eigenvalue weighted by molar-refractivity contribution is 0.0356. The molecular weight excluding hydrogens is 244 g/mol. The van der Waals surface area contributed by atoms with Gasteiger partial charge in [0.1, 0.15) is 5.44 Å². The van der Waals surface area contributed by atoms with Crippen molar-refractivity contribution in [1.82, 2.24) is 0 Å². The Morgan fingerprint density at radius 1 is 1.17 bits per heavy atom. The number of rotatable bonds is 9. The summed E-state index contributed by atoms with van der Waals surface area (Å²) in [5.41, 5.74) is -0.172. The smallest absolute Gasteiger partial charge is 0.133 e. The highest BCUT2D eigenvalue weighted by Crippen LogP contribution is 2.27. The van der Waals surface area contributed by atoms with E-state index in [1.807, 2.05) is 30.3 Å². The second kappa shape index (κ2) is 9.42. The molecule has 0 aliphatic carbocycles. The summed E-state index contributed by atoms with van der Waals surface area (Å²) in [5.74, 6) is 0. The van der Waals surface area contributed by atoms with E-state index in [0.29, 0.717) is 0 Å². The molecule has 0 fully saturated rings. The van der Waals surface area contributed by atoms with Crippen molar-refractivity contribution < 1.29 is 9.84 Å². The van der Waals surface area contributed by atoms with Gasteiger partial charge >= 0.3 is 0 Å². The number of unbranched alkanes of at least 4 members (excludes halogenated alkanes) is 3. The van der Waals surface area contributed by atoms with E-state index in [1.54, 1.807) is 18.9 Å². The number of hydrogen-bond donors (Lipinski definition) is 1. The largest absolute Gasteiger partial charge is 0.389 e. The van der Waals surface area contributed by atoms with Crippen molar-refractivity contribution in [3.05, 3.63) is 30.3 Å². The van der Waals surface area contributed by atoms with Gasteiger partial charge in [0.05, 0.1) is 6.10 Å². The molecule has 0 spiro atoms. The van der Waals surface area contributed by atoms with Gasteiger partial charge < -0.3 is 9.84 Å². The van der Waals surface area contributed by atoms with Crippen LogP contribution in [0.5, 0.6) is 0 Å². The maximum absolute atomic E-state index is 10.1. The lowest BCUT2D eigenvalue weighted by Crippen LogP contribution is -2.24. The first-order chi connectivity index (χ1) is 8.77. The van der Waals surface area contributed by atoms with Gasteiger partial charge in [-0.25, -0.2) is 0 Å². The van der Waals surface area contributed by atoms with Crippen LogP contribution in [-0.4, -0.2) is 23.8 Å². The van der Waals surface area contributed by atoms with Gasteiger partial charge in [-0.15, -0.1) is 0 Å². The molecule has 1 rings (SSSR count). The van der Waals surface area contributed by atoms with E-state index in [9.17, 15) is 5.11 Å². The van der Waals surface area contributed by atoms with Crippen LogP contribution in [0.3, 0.4) is 0 Å². The number of aliphatic hydroxyl groups is 1. The Bertz CT molecular complexity index is 303. The standard InChI is InChI=1S/C15H24O2S/c1-3-4-5-9-12-14(16)15(17-2)18-13-10-7-6-8-11-13/h6-8,10-11,14-16H,3-5,9,12H2,1-2H3. The van der Waals surface area contributed by atoms with Crippen LogP contribution in [-0.2, 0) is 4.74 Å². The van der Waals surface area contributed by atoms with Crippen LogP contribution < -0.4 is 0 Å². The van der Waals surface area contributed by atoms with E-state index in [0.717, 1.165) is 17.7 Å². The fourth-order valence-electron chi connectivity index (χ4n) is 1.83. The van der Waals surface area contributed by atoms with Gasteiger partial charge in [0.25, 0.3) is 0 Å². The van der Waals surface area contributed by atoms with Crippen molar-refractivity contribution in [1.29, 1.82) is 0 Å². The minimum absolute atomic E-state index is 0.172. The Hall–Kier alpha value is -0.510. The highest BCUT2D eigenvalue weighted by molar-refractivity contribution is 7.99. The molecule has 0 radical (unpaired) electrons. The lowest BCUT2D eigenvalue weighted by Gasteiger charge is -2.21. The molecule has 18 heavy (non-hydrogen) atoms. The Kier molecular flexibility index (Phi) is 8.14. The molecule has 2 atom stereocenters. The van der Waals surface area contributed by atoms with Crippen LogP contribution in [0.25, 0.3) is 0 Å². The third-order valence-electron chi connectivity index (χ3n) is 2.90. The van der Waals surface area contributed by atoms with Crippen molar-refractivity contribution in [2.75, 3.05) is 7.11 Å². The summed E-state index contributed by atoms with van der Waals surface area (Å²) >= 11 is 1.59. The van der Waals surface area contributed by atoms with Gasteiger partial charge in [-0.2, -0.15) is 0 Å². The molecule has 2 nitrogen and oxygen atoms in total. The first-order valence-electron chi connectivity index (χ1n) is 6.70. The third-order valence-corrected chi connectivity index (χ3v) is 4.18. The molecule has 0 aliphatic heterocycles. The van der Waals surface area contributed by atoms with Crippen LogP contribution in [0.15, 0.2) is 35.2 Å². The number of aliphatic hydroxyl groups excluding tert-OH is 1. The predicted octanol–water partition coefficient (Wildman–Crippen LogP) is 4.08. The zero-order valence-corrected chi connectivity index (χ0v) is 12.2. The van der Waals surface area contributed by atoms with Crippen LogP contribution in [0, 0.1) is 0 Å². The molecule has 0 saturated heterocycles. The molecule has 0 bridgehead atoms. The summed E-state index contributed by atoms with van der Waals surface area (Å²) < 4.78 is 5.39. The maximum Gasteiger partial charge on any atom is 0.133 e. The fourth-order valence-corrected chi connectivity index (χ4v) is 2.81. The topological polar surface area (TPSA) is 29.5 Å². The van der Waals surface area contributed by atoms with Gasteiger partial charge in [0.2, 0.25) is 0 Å². The Balaban J connectivity index is 2.35. The highest BCUT2D eigenvalue weighted by atomic mass is 32.2. The zero-order chi connectivity index (χ0) is 13.2. The van der Waals surface area contributed by atoms with Crippen LogP contribution in [0.2, 0.25) is 0 Å². The minimum Gasteiger partial charge on any atom is -0.389 e. The van der Waals surface area contributed by atoms with Crippen molar-refractivity contribution in [3.8, 4) is 0 Å². The number of thioether (sulfide) groups is 1. The van der Waals surface area contributed by atoms with Crippen molar-refractivity contribution in [2.45, 2.75) is 55.5 Å². The molecule has 3 heteroatoms. The summed E-state index contributed by atoms with van der Waals surface area (Å²) in [6.45, 7) is 2.19. The quantitative estimate of drug-likeness (QED) is 0.416. The second-order valence-corrected chi connectivity index (χ2v) is 5.62. The molecule has 0 amide bonds. The van der Waals surface area contributed by atoms with E-state index < -0.39 is 6.10 Å². The number of ether oxygens (including phenoxy) is 1. The van der Waals surface area contributed by atoms with E-state index >= 15 is 0 Å². The number of benzene rings is 1. The van der Waals surface area contributed by atoms with Crippen molar-refractivity contribution >= 4 is 11.8 Å². The van der Waals surface area contributed by atoms with Gasteiger partial charge in [-0.3, -0.25) is 0 Å². The zero-order valence-electron chi connectivity index (χ0n) is 11.3. The van der Waals surface area contributed by atoms with Crippen LogP contribution in [0.4, 0.5) is 0 Å². The minimum atomic E-state index is -0.392. The Labute approximate surface area is 115 Å². The SMILES string of the molecule is CCCCCCC(O)C(OC)Sc1ccccc1. The third kappa shape index (κ3) is 5.89. The maximum atomic E-state index is 10.1. The summed E-state index contributed by atoms with van der Waals surface area (Å²) in [6.07, 6.45) is 5.17. The first-order valence-corrected chi connectivity index (χ1v) is 7.58. The van der Waals surface area contributed by atoms with Crippen LogP contribution >= 0.6 is 11.8 Å². The normalized spacial score (nSPS) is 14.4. The highest BCUT2D eigenvalue weighted by Gasteiger charge is 2.19. The average molecular weight is 268 g/mol. The molecule has 1 aromatic carbocycles. The Morgan fingerprint density at radius 3 is 2.50 bits per heavy atom. The number of methoxy groups -OCH3 is 1. The van der Waals surface area contributed by atoms with E-state index in [4.69, 9.17) is 4.74 Å². The van der Waals surface area contributed by atoms with E-state index in [-0.39, 0.29) is 5.44 Å². The van der Waals surface area contributed by atoms with Gasteiger partial charge in [0, 0.05) is 12.0 Å². The molecule has 0 heterocycles. The number of hydrogen-bond acceptors (Lipinski definition) is 3. The van der Waals surface area contributed by atoms with Crippen molar-refractivity contribution in [3.63, 3.8) is 0 Å². The first kappa shape index (κ1) is 15.5. The van der Waals surface area contributed by atoms with Gasteiger partial charge in [0.15, 0.2) is 0 Å². The Morgan fingerprint density at radius 2 is 1.89 bits per heavy atom. The summed E-state index contributed by atoms with van der Waals surface area (Å²) in [4.78, 5) is 1.14. The molecule has 2 unspecified atom stereocenters. The molecule has 0 aromatic heterocycles. The van der Waals surface area contributed by atoms with Gasteiger partial charge in [-0.1, -0.05) is 62.6 Å². The summed E-state index contributed by atoms with van der Waals surface area (Å²) in [5, 5.41) is 10.1. The molecule has 0 aliphatic rings. The van der Waals surface area contributed by atoms with E-state index in [1.165, 1.54) is 19.3 Å². The van der Waals surface area contributed by atoms with Crippen molar-refractivity contribution in [2.24, 2.45) is 0 Å². The molecule has 1 N–H and O–H groups in total. The summed E-state index contributed by atoms with van der Waals surface area (Å²) in [7, 11) is 1.66. The molecule has 102 valence electrons. The monoisotopic (exact) mass is 268 g/mol. The van der Waals surface area contributed by atoms with E-state index in [2.05, 4.69) is 6.92 Å². The molecule has 0 saturated carbocycles. The lowest BCUT2D eigenvalue weighted by atomic mass is 10.1. The summed E-state index contributed by atoms with van der Waals surface area (Å²) in [6, 6.07) is 10.1. The predicted molar refractivity (Wildman–Crippen MR) is 77.9 cm³/mol. The second-order valence-electron chi connectivity index (χ2n) is 4.45.